The number of halogens is 2. The Hall–Kier alpha value is -2.26. The van der Waals surface area contributed by atoms with E-state index in [-0.39, 0.29) is 24.1 Å². The van der Waals surface area contributed by atoms with Crippen LogP contribution in [-0.2, 0) is 4.74 Å². The van der Waals surface area contributed by atoms with E-state index in [1.807, 2.05) is 43.3 Å². The van der Waals surface area contributed by atoms with E-state index in [1.165, 1.54) is 23.5 Å². The summed E-state index contributed by atoms with van der Waals surface area (Å²) in [5.41, 5.74) is 2.35. The maximum atomic E-state index is 13.7. The third kappa shape index (κ3) is 5.75. The highest BCUT2D eigenvalue weighted by Crippen LogP contribution is 2.30. The number of morpholine rings is 1. The van der Waals surface area contributed by atoms with Crippen LogP contribution in [-0.4, -0.2) is 69.3 Å². The zero-order chi connectivity index (χ0) is 21.8. The Kier molecular flexibility index (Phi) is 8.42. The minimum absolute atomic E-state index is 0. The largest absolute Gasteiger partial charge is 0.379 e. The van der Waals surface area contributed by atoms with E-state index >= 15 is 0 Å². The lowest BCUT2D eigenvalue weighted by Gasteiger charge is -2.27. The van der Waals surface area contributed by atoms with Crippen molar-refractivity contribution in [3.63, 3.8) is 0 Å². The Morgan fingerprint density at radius 2 is 1.88 bits per heavy atom. The summed E-state index contributed by atoms with van der Waals surface area (Å²) in [6.45, 7) is 4.79. The number of carbonyl (C=O) groups excluding carboxylic acids is 1. The van der Waals surface area contributed by atoms with Crippen LogP contribution in [0.4, 0.5) is 15.2 Å². The van der Waals surface area contributed by atoms with E-state index < -0.39 is 0 Å². The van der Waals surface area contributed by atoms with Crippen molar-refractivity contribution in [3.8, 4) is 0 Å². The summed E-state index contributed by atoms with van der Waals surface area (Å²) >= 11 is 1.35. The predicted molar refractivity (Wildman–Crippen MR) is 131 cm³/mol. The van der Waals surface area contributed by atoms with Gasteiger partial charge in [-0.2, -0.15) is 0 Å². The average molecular weight is 479 g/mol. The van der Waals surface area contributed by atoms with Crippen LogP contribution in [0.3, 0.4) is 0 Å². The van der Waals surface area contributed by atoms with E-state index in [4.69, 9.17) is 4.74 Å². The molecule has 32 heavy (non-hydrogen) atoms. The second-order valence-corrected chi connectivity index (χ2v) is 8.82. The number of benzene rings is 2. The summed E-state index contributed by atoms with van der Waals surface area (Å²) in [7, 11) is 3.93. The molecule has 1 saturated heterocycles. The van der Waals surface area contributed by atoms with Crippen LogP contribution in [0.2, 0.25) is 0 Å². The Labute approximate surface area is 198 Å². The summed E-state index contributed by atoms with van der Waals surface area (Å²) in [5.74, 6) is -0.390. The van der Waals surface area contributed by atoms with Crippen LogP contribution in [0.25, 0.3) is 10.2 Å². The summed E-state index contributed by atoms with van der Waals surface area (Å²) < 4.78 is 19.8. The minimum atomic E-state index is -0.299. The van der Waals surface area contributed by atoms with E-state index in [9.17, 15) is 9.18 Å². The second kappa shape index (κ2) is 11.0. The van der Waals surface area contributed by atoms with E-state index in [0.717, 1.165) is 49.7 Å². The fourth-order valence-corrected chi connectivity index (χ4v) is 4.64. The highest BCUT2D eigenvalue weighted by Gasteiger charge is 2.22. The normalized spacial score (nSPS) is 14.2. The SMILES string of the molecule is CN(C)c1ccc(C(=O)N(CCCN2CCOCC2)c2nc3ccc(F)cc3s2)cc1.Cl. The lowest BCUT2D eigenvalue weighted by Crippen LogP contribution is -2.39. The van der Waals surface area contributed by atoms with Gasteiger partial charge in [0, 0.05) is 51.5 Å². The van der Waals surface area contributed by atoms with Gasteiger partial charge in [-0.05, 0) is 48.9 Å². The first kappa shape index (κ1) is 24.4. The Balaban J connectivity index is 0.00000289. The van der Waals surface area contributed by atoms with Crippen molar-refractivity contribution in [1.29, 1.82) is 0 Å². The number of aromatic nitrogens is 1. The van der Waals surface area contributed by atoms with E-state index in [0.29, 0.717) is 22.8 Å². The van der Waals surface area contributed by atoms with Gasteiger partial charge in [0.1, 0.15) is 5.82 Å². The molecule has 0 unspecified atom stereocenters. The molecule has 1 aliphatic heterocycles. The number of nitrogens with zero attached hydrogens (tertiary/aromatic N) is 4. The Bertz CT molecular complexity index is 1040. The number of anilines is 2. The van der Waals surface area contributed by atoms with Crippen LogP contribution in [0.5, 0.6) is 0 Å². The first-order valence-corrected chi connectivity index (χ1v) is 11.3. The molecule has 1 aliphatic rings. The standard InChI is InChI=1S/C23H27FN4O2S.ClH/c1-26(2)19-7-4-17(5-8-19)22(29)28(11-3-10-27-12-14-30-15-13-27)23-25-20-9-6-18(24)16-21(20)31-23;/h4-9,16H,3,10-15H2,1-2H3;1H. The molecule has 0 bridgehead atoms. The van der Waals surface area contributed by atoms with Crippen molar-refractivity contribution in [3.05, 3.63) is 53.8 Å². The summed E-state index contributed by atoms with van der Waals surface area (Å²) in [6.07, 6.45) is 0.825. The van der Waals surface area contributed by atoms with Gasteiger partial charge < -0.3 is 9.64 Å². The van der Waals surface area contributed by atoms with Crippen molar-refractivity contribution >= 4 is 50.7 Å². The number of ether oxygens (including phenoxy) is 1. The molecule has 0 aliphatic carbocycles. The van der Waals surface area contributed by atoms with Crippen LogP contribution in [0, 0.1) is 5.82 Å². The van der Waals surface area contributed by atoms with Gasteiger partial charge in [0.05, 0.1) is 23.4 Å². The first-order valence-electron chi connectivity index (χ1n) is 10.5. The molecule has 172 valence electrons. The van der Waals surface area contributed by atoms with Gasteiger partial charge in [-0.15, -0.1) is 12.4 Å². The molecule has 9 heteroatoms. The monoisotopic (exact) mass is 478 g/mol. The third-order valence-electron chi connectivity index (χ3n) is 5.41. The van der Waals surface area contributed by atoms with Gasteiger partial charge >= 0.3 is 0 Å². The van der Waals surface area contributed by atoms with Gasteiger partial charge in [0.2, 0.25) is 0 Å². The van der Waals surface area contributed by atoms with Crippen molar-refractivity contribution in [1.82, 2.24) is 9.88 Å². The van der Waals surface area contributed by atoms with Gasteiger partial charge in [-0.3, -0.25) is 14.6 Å². The van der Waals surface area contributed by atoms with Gasteiger partial charge in [-0.1, -0.05) is 11.3 Å². The van der Waals surface area contributed by atoms with Crippen LogP contribution in [0.1, 0.15) is 16.8 Å². The molecule has 0 spiro atoms. The zero-order valence-electron chi connectivity index (χ0n) is 18.3. The maximum absolute atomic E-state index is 13.7. The molecular formula is C23H28ClFN4O2S. The summed E-state index contributed by atoms with van der Waals surface area (Å²) in [5, 5.41) is 0.601. The molecule has 1 aromatic heterocycles. The minimum Gasteiger partial charge on any atom is -0.379 e. The van der Waals surface area contributed by atoms with Crippen LogP contribution >= 0.6 is 23.7 Å². The number of rotatable bonds is 7. The third-order valence-corrected chi connectivity index (χ3v) is 6.45. The lowest BCUT2D eigenvalue weighted by atomic mass is 10.1. The Morgan fingerprint density at radius 3 is 2.56 bits per heavy atom. The molecule has 1 amide bonds. The first-order chi connectivity index (χ1) is 15.0. The quantitative estimate of drug-likeness (QED) is 0.507. The second-order valence-electron chi connectivity index (χ2n) is 7.81. The van der Waals surface area contributed by atoms with Gasteiger partial charge in [0.15, 0.2) is 5.13 Å². The average Bonchev–Trinajstić information content (AvgIpc) is 3.20. The maximum Gasteiger partial charge on any atom is 0.260 e. The molecular weight excluding hydrogens is 451 g/mol. The molecule has 2 heterocycles. The summed E-state index contributed by atoms with van der Waals surface area (Å²) in [4.78, 5) is 24.1. The fourth-order valence-electron chi connectivity index (χ4n) is 3.62. The molecule has 0 saturated carbocycles. The highest BCUT2D eigenvalue weighted by atomic mass is 35.5. The van der Waals surface area contributed by atoms with Gasteiger partial charge in [0.25, 0.3) is 5.91 Å². The smallest absolute Gasteiger partial charge is 0.260 e. The van der Waals surface area contributed by atoms with Crippen molar-refractivity contribution in [2.24, 2.45) is 0 Å². The number of hydrogen-bond donors (Lipinski definition) is 0. The number of carbonyl (C=O) groups is 1. The van der Waals surface area contributed by atoms with E-state index in [2.05, 4.69) is 9.88 Å². The lowest BCUT2D eigenvalue weighted by molar-refractivity contribution is 0.0376. The fraction of sp³-hybridized carbons (Fsp3) is 0.391. The highest BCUT2D eigenvalue weighted by molar-refractivity contribution is 7.22. The van der Waals surface area contributed by atoms with Crippen LogP contribution < -0.4 is 9.80 Å². The van der Waals surface area contributed by atoms with Gasteiger partial charge in [-0.25, -0.2) is 9.37 Å². The molecule has 0 atom stereocenters. The summed E-state index contributed by atoms with van der Waals surface area (Å²) in [6, 6.07) is 12.1. The van der Waals surface area contributed by atoms with Crippen molar-refractivity contribution < 1.29 is 13.9 Å². The molecule has 6 nitrogen and oxygen atoms in total. The van der Waals surface area contributed by atoms with Crippen LogP contribution in [0.15, 0.2) is 42.5 Å². The molecule has 0 N–H and O–H groups in total. The molecule has 2 aromatic carbocycles. The topological polar surface area (TPSA) is 48.9 Å². The Morgan fingerprint density at radius 1 is 1.16 bits per heavy atom. The number of amides is 1. The predicted octanol–water partition coefficient (Wildman–Crippen LogP) is 4.29. The van der Waals surface area contributed by atoms with Crippen molar-refractivity contribution in [2.75, 3.05) is 63.3 Å². The molecule has 3 aromatic rings. The molecule has 4 rings (SSSR count). The number of fused-ring (bicyclic) bond motifs is 1. The van der Waals surface area contributed by atoms with Crippen molar-refractivity contribution in [2.45, 2.75) is 6.42 Å². The number of thiazole rings is 1. The zero-order valence-corrected chi connectivity index (χ0v) is 19.9. The van der Waals surface area contributed by atoms with E-state index in [1.54, 1.807) is 11.0 Å². The molecule has 1 fully saturated rings. The molecule has 0 radical (unpaired) electrons. The number of hydrogen-bond acceptors (Lipinski definition) is 6.